The molecule has 1 aliphatic heterocycles. The van der Waals surface area contributed by atoms with Crippen LogP contribution in [0, 0.1) is 11.6 Å². The first-order valence-electron chi connectivity index (χ1n) is 8.14. The zero-order valence-electron chi connectivity index (χ0n) is 13.1. The van der Waals surface area contributed by atoms with Gasteiger partial charge in [-0.05, 0) is 61.3 Å². The Morgan fingerprint density at radius 2 is 1.22 bits per heavy atom. The molecule has 23 heavy (non-hydrogen) atoms. The van der Waals surface area contributed by atoms with Crippen LogP contribution in [-0.2, 0) is 13.1 Å². The lowest BCUT2D eigenvalue weighted by atomic mass is 10.0. The van der Waals surface area contributed by atoms with E-state index in [0.29, 0.717) is 6.04 Å². The number of benzene rings is 2. The Labute approximate surface area is 136 Å². The number of nitrogens with zero attached hydrogens (tertiary/aromatic N) is 1. The number of hydrogen-bond donors (Lipinski definition) is 1. The van der Waals surface area contributed by atoms with E-state index < -0.39 is 0 Å². The molecule has 0 radical (unpaired) electrons. The first-order chi connectivity index (χ1) is 11.2. The second kappa shape index (κ2) is 7.66. The van der Waals surface area contributed by atoms with Gasteiger partial charge in [-0.1, -0.05) is 24.3 Å². The van der Waals surface area contributed by atoms with Crippen LogP contribution >= 0.6 is 0 Å². The number of rotatable bonds is 5. The Bertz CT molecular complexity index is 557. The molecule has 0 aliphatic carbocycles. The third kappa shape index (κ3) is 4.60. The molecule has 0 atom stereocenters. The van der Waals surface area contributed by atoms with Gasteiger partial charge in [-0.25, -0.2) is 8.78 Å². The van der Waals surface area contributed by atoms with E-state index in [2.05, 4.69) is 10.2 Å². The van der Waals surface area contributed by atoms with Crippen LogP contribution in [0.1, 0.15) is 24.0 Å². The van der Waals surface area contributed by atoms with Gasteiger partial charge in [0.05, 0.1) is 0 Å². The zero-order chi connectivity index (χ0) is 16.1. The number of halogens is 2. The van der Waals surface area contributed by atoms with E-state index >= 15 is 0 Å². The zero-order valence-corrected chi connectivity index (χ0v) is 13.1. The summed E-state index contributed by atoms with van der Waals surface area (Å²) in [5.41, 5.74) is 2.21. The molecule has 2 aromatic rings. The van der Waals surface area contributed by atoms with E-state index in [1.54, 1.807) is 0 Å². The molecular weight excluding hydrogens is 294 g/mol. The maximum absolute atomic E-state index is 13.1. The molecule has 4 heteroatoms. The molecule has 0 saturated carbocycles. The second-order valence-corrected chi connectivity index (χ2v) is 6.14. The molecule has 0 aromatic heterocycles. The summed E-state index contributed by atoms with van der Waals surface area (Å²) < 4.78 is 26.2. The highest BCUT2D eigenvalue weighted by Crippen LogP contribution is 2.19. The molecule has 1 saturated heterocycles. The molecule has 0 amide bonds. The van der Waals surface area contributed by atoms with Crippen molar-refractivity contribution in [3.63, 3.8) is 0 Å². The van der Waals surface area contributed by atoms with Crippen molar-refractivity contribution in [2.75, 3.05) is 13.1 Å². The minimum atomic E-state index is -0.208. The van der Waals surface area contributed by atoms with Gasteiger partial charge in [0.25, 0.3) is 0 Å². The van der Waals surface area contributed by atoms with Crippen LogP contribution in [0.5, 0.6) is 0 Å². The van der Waals surface area contributed by atoms with Crippen LogP contribution in [0.4, 0.5) is 8.78 Å². The number of nitrogens with one attached hydrogen (secondary N) is 1. The molecule has 1 N–H and O–H groups in total. The van der Waals surface area contributed by atoms with Crippen molar-refractivity contribution in [3.05, 3.63) is 71.3 Å². The van der Waals surface area contributed by atoms with Gasteiger partial charge in [0, 0.05) is 19.1 Å². The maximum Gasteiger partial charge on any atom is 0.123 e. The van der Waals surface area contributed by atoms with Crippen LogP contribution in [-0.4, -0.2) is 24.0 Å². The highest BCUT2D eigenvalue weighted by atomic mass is 19.1. The summed E-state index contributed by atoms with van der Waals surface area (Å²) in [5, 5.41) is 3.39. The Kier molecular flexibility index (Phi) is 5.36. The minimum Gasteiger partial charge on any atom is -0.317 e. The first kappa shape index (κ1) is 16.1. The molecule has 1 heterocycles. The quantitative estimate of drug-likeness (QED) is 0.904. The highest BCUT2D eigenvalue weighted by molar-refractivity contribution is 5.18. The normalized spacial score (nSPS) is 16.0. The summed E-state index contributed by atoms with van der Waals surface area (Å²) >= 11 is 0. The lowest BCUT2D eigenvalue weighted by Gasteiger charge is -2.35. The van der Waals surface area contributed by atoms with E-state index in [-0.39, 0.29) is 11.6 Å². The van der Waals surface area contributed by atoms with Crippen LogP contribution in [0.15, 0.2) is 48.5 Å². The predicted octanol–water partition coefficient (Wildman–Crippen LogP) is 3.72. The summed E-state index contributed by atoms with van der Waals surface area (Å²) in [6, 6.07) is 13.9. The van der Waals surface area contributed by atoms with Crippen molar-refractivity contribution in [2.45, 2.75) is 32.0 Å². The van der Waals surface area contributed by atoms with Crippen molar-refractivity contribution in [3.8, 4) is 0 Å². The lowest BCUT2D eigenvalue weighted by molar-refractivity contribution is 0.145. The third-order valence-corrected chi connectivity index (χ3v) is 4.42. The highest BCUT2D eigenvalue weighted by Gasteiger charge is 2.21. The molecule has 2 nitrogen and oxygen atoms in total. The van der Waals surface area contributed by atoms with Gasteiger partial charge in [0.15, 0.2) is 0 Å². The summed E-state index contributed by atoms with van der Waals surface area (Å²) in [6.45, 7) is 3.60. The Hall–Kier alpha value is -1.78. The fourth-order valence-corrected chi connectivity index (χ4v) is 3.13. The van der Waals surface area contributed by atoms with Gasteiger partial charge in [0.1, 0.15) is 11.6 Å². The first-order valence-corrected chi connectivity index (χ1v) is 8.14. The van der Waals surface area contributed by atoms with Crippen molar-refractivity contribution in [1.29, 1.82) is 0 Å². The summed E-state index contributed by atoms with van der Waals surface area (Å²) in [4.78, 5) is 2.42. The van der Waals surface area contributed by atoms with Gasteiger partial charge in [-0.15, -0.1) is 0 Å². The molecule has 122 valence electrons. The molecular formula is C19H22F2N2. The lowest BCUT2D eigenvalue weighted by Crippen LogP contribution is -2.42. The number of hydrogen-bond acceptors (Lipinski definition) is 2. The molecule has 3 rings (SSSR count). The second-order valence-electron chi connectivity index (χ2n) is 6.14. The molecule has 1 aliphatic rings. The standard InChI is InChI=1S/C19H22F2N2/c20-17-5-1-15(2-6-17)13-23(19-9-11-22-12-10-19)14-16-3-7-18(21)8-4-16/h1-8,19,22H,9-14H2. The SMILES string of the molecule is Fc1ccc(CN(Cc2ccc(F)cc2)C2CCNCC2)cc1. The van der Waals surface area contributed by atoms with Gasteiger partial charge in [-0.2, -0.15) is 0 Å². The average Bonchev–Trinajstić information content (AvgIpc) is 2.59. The van der Waals surface area contributed by atoms with Gasteiger partial charge >= 0.3 is 0 Å². The van der Waals surface area contributed by atoms with E-state index in [9.17, 15) is 8.78 Å². The van der Waals surface area contributed by atoms with Crippen LogP contribution in [0.25, 0.3) is 0 Å². The molecule has 0 spiro atoms. The van der Waals surface area contributed by atoms with E-state index in [1.807, 2.05) is 24.3 Å². The molecule has 0 unspecified atom stereocenters. The topological polar surface area (TPSA) is 15.3 Å². The third-order valence-electron chi connectivity index (χ3n) is 4.42. The monoisotopic (exact) mass is 316 g/mol. The average molecular weight is 316 g/mol. The Morgan fingerprint density at radius 3 is 1.65 bits per heavy atom. The fourth-order valence-electron chi connectivity index (χ4n) is 3.13. The Balaban J connectivity index is 1.74. The summed E-state index contributed by atoms with van der Waals surface area (Å²) in [6.07, 6.45) is 2.20. The van der Waals surface area contributed by atoms with Crippen molar-refractivity contribution >= 4 is 0 Å². The maximum atomic E-state index is 13.1. The van der Waals surface area contributed by atoms with Gasteiger partial charge in [-0.3, -0.25) is 4.90 Å². The molecule has 1 fully saturated rings. The van der Waals surface area contributed by atoms with Crippen molar-refractivity contribution in [2.24, 2.45) is 0 Å². The number of piperidine rings is 1. The Morgan fingerprint density at radius 1 is 0.783 bits per heavy atom. The largest absolute Gasteiger partial charge is 0.317 e. The van der Waals surface area contributed by atoms with Crippen molar-refractivity contribution < 1.29 is 8.78 Å². The van der Waals surface area contributed by atoms with E-state index in [1.165, 1.54) is 24.3 Å². The van der Waals surface area contributed by atoms with Crippen LogP contribution in [0.2, 0.25) is 0 Å². The van der Waals surface area contributed by atoms with Gasteiger partial charge < -0.3 is 5.32 Å². The summed E-state index contributed by atoms with van der Waals surface area (Å²) in [7, 11) is 0. The fraction of sp³-hybridized carbons (Fsp3) is 0.368. The smallest absolute Gasteiger partial charge is 0.123 e. The predicted molar refractivity (Wildman–Crippen MR) is 87.9 cm³/mol. The summed E-state index contributed by atoms with van der Waals surface area (Å²) in [5.74, 6) is -0.415. The molecule has 0 bridgehead atoms. The minimum absolute atomic E-state index is 0.208. The van der Waals surface area contributed by atoms with E-state index in [0.717, 1.165) is 50.1 Å². The van der Waals surface area contributed by atoms with Gasteiger partial charge in [0.2, 0.25) is 0 Å². The van der Waals surface area contributed by atoms with E-state index in [4.69, 9.17) is 0 Å². The van der Waals surface area contributed by atoms with Crippen LogP contribution in [0.3, 0.4) is 0 Å². The molecule has 2 aromatic carbocycles. The van der Waals surface area contributed by atoms with Crippen molar-refractivity contribution in [1.82, 2.24) is 10.2 Å². The van der Waals surface area contributed by atoms with Crippen LogP contribution < -0.4 is 5.32 Å².